The van der Waals surface area contributed by atoms with Gasteiger partial charge in [-0.1, -0.05) is 6.07 Å². The Labute approximate surface area is 266 Å². The van der Waals surface area contributed by atoms with Crippen LogP contribution in [-0.2, 0) is 9.47 Å². The molecule has 1 atom stereocenters. The van der Waals surface area contributed by atoms with E-state index in [1.165, 1.54) is 23.6 Å². The molecule has 0 bridgehead atoms. The maximum absolute atomic E-state index is 16.1. The first-order valence-corrected chi connectivity index (χ1v) is 15.5. The first-order chi connectivity index (χ1) is 20.7. The summed E-state index contributed by atoms with van der Waals surface area (Å²) in [6.07, 6.45) is 0.951. The summed E-state index contributed by atoms with van der Waals surface area (Å²) in [4.78, 5) is 28.5. The number of morpholine rings is 1. The van der Waals surface area contributed by atoms with Crippen molar-refractivity contribution < 1.29 is 27.4 Å². The van der Waals surface area contributed by atoms with Crippen LogP contribution in [0.1, 0.15) is 45.7 Å². The maximum Gasteiger partial charge on any atom is 0.411 e. The van der Waals surface area contributed by atoms with E-state index in [9.17, 15) is 13.6 Å². The Morgan fingerprint density at radius 1 is 1.18 bits per heavy atom. The number of ether oxygens (including phenoxy) is 2. The Balaban J connectivity index is 1.57. The van der Waals surface area contributed by atoms with Gasteiger partial charge in [-0.15, -0.1) is 11.3 Å². The second-order valence-corrected chi connectivity index (χ2v) is 13.8. The van der Waals surface area contributed by atoms with Crippen molar-refractivity contribution in [1.29, 1.82) is 0 Å². The molecular formula is C30H29ClF3N5O3S2. The van der Waals surface area contributed by atoms with E-state index in [0.717, 1.165) is 30.1 Å². The van der Waals surface area contributed by atoms with E-state index in [1.54, 1.807) is 43.9 Å². The molecular weight excluding hydrogens is 635 g/mol. The predicted octanol–water partition coefficient (Wildman–Crippen LogP) is 8.54. The molecule has 1 saturated heterocycles. The lowest BCUT2D eigenvalue weighted by atomic mass is 10.0. The monoisotopic (exact) mass is 663 g/mol. The molecule has 8 nitrogen and oxygen atoms in total. The minimum absolute atomic E-state index is 0.00839. The minimum atomic E-state index is -0.732. The van der Waals surface area contributed by atoms with Crippen molar-refractivity contribution in [2.75, 3.05) is 17.9 Å². The fourth-order valence-corrected chi connectivity index (χ4v) is 6.44. The number of carbonyl (C=O) groups is 1. The molecule has 1 N–H and O–H groups in total. The smallest absolute Gasteiger partial charge is 0.411 e. The number of nitrogens with zero attached hydrogens (tertiary/aromatic N) is 4. The number of thiazole rings is 1. The number of carbonyl (C=O) groups excluding carboxylic acids is 1. The minimum Gasteiger partial charge on any atom is -0.444 e. The van der Waals surface area contributed by atoms with Gasteiger partial charge < -0.3 is 14.2 Å². The van der Waals surface area contributed by atoms with E-state index >= 15 is 4.39 Å². The Hall–Kier alpha value is -3.39. The van der Waals surface area contributed by atoms with Gasteiger partial charge in [0.15, 0.2) is 5.82 Å². The van der Waals surface area contributed by atoms with E-state index in [-0.39, 0.29) is 40.3 Å². The van der Waals surface area contributed by atoms with Gasteiger partial charge in [-0.3, -0.25) is 4.90 Å². The number of rotatable bonds is 6. The average molecular weight is 664 g/mol. The summed E-state index contributed by atoms with van der Waals surface area (Å²) in [7, 11) is 0. The summed E-state index contributed by atoms with van der Waals surface area (Å²) in [6, 6.07) is 8.64. The van der Waals surface area contributed by atoms with Gasteiger partial charge in [0, 0.05) is 11.8 Å². The van der Waals surface area contributed by atoms with Crippen LogP contribution in [0, 0.1) is 17.5 Å². The molecule has 0 saturated carbocycles. The summed E-state index contributed by atoms with van der Waals surface area (Å²) in [5.41, 5.74) is -0.583. The summed E-state index contributed by atoms with van der Waals surface area (Å²) in [5.74, 6) is -1.95. The van der Waals surface area contributed by atoms with Crippen LogP contribution in [0.2, 0.25) is 5.28 Å². The quantitative estimate of drug-likeness (QED) is 0.162. The Morgan fingerprint density at radius 3 is 2.68 bits per heavy atom. The SMILES string of the molecule is CC(C)(C)OC(=O)N1CC(C)(C)OCC1c1nc(-c2cccc(NSc3cc(F)ccc3F)c2F)c(-c2ccnc(Cl)n2)s1. The van der Waals surface area contributed by atoms with Crippen LogP contribution in [0.3, 0.4) is 0 Å². The first kappa shape index (κ1) is 32.0. The van der Waals surface area contributed by atoms with Crippen molar-refractivity contribution in [3.8, 4) is 21.8 Å². The second kappa shape index (κ2) is 12.5. The fraction of sp³-hybridized carbons (Fsp3) is 0.333. The fourth-order valence-electron chi connectivity index (χ4n) is 4.43. The highest BCUT2D eigenvalue weighted by atomic mass is 35.5. The lowest BCUT2D eigenvalue weighted by Crippen LogP contribution is -2.53. The molecule has 2 aromatic heterocycles. The van der Waals surface area contributed by atoms with E-state index in [1.807, 2.05) is 13.8 Å². The molecule has 232 valence electrons. The molecule has 1 amide bonds. The Kier molecular flexibility index (Phi) is 9.13. The third-order valence-electron chi connectivity index (χ3n) is 6.39. The molecule has 1 aliphatic heterocycles. The number of hydrogen-bond donors (Lipinski definition) is 1. The van der Waals surface area contributed by atoms with Crippen LogP contribution in [0.5, 0.6) is 0 Å². The van der Waals surface area contributed by atoms with Crippen LogP contribution in [0.4, 0.5) is 23.7 Å². The van der Waals surface area contributed by atoms with Gasteiger partial charge in [-0.05, 0) is 94.6 Å². The zero-order chi connectivity index (χ0) is 31.8. The summed E-state index contributed by atoms with van der Waals surface area (Å²) >= 11 is 8.07. The van der Waals surface area contributed by atoms with E-state index in [4.69, 9.17) is 26.1 Å². The number of amides is 1. The summed E-state index contributed by atoms with van der Waals surface area (Å²) in [6.45, 7) is 9.48. The molecule has 0 aliphatic carbocycles. The normalized spacial score (nSPS) is 16.6. The van der Waals surface area contributed by atoms with Crippen LogP contribution < -0.4 is 4.72 Å². The first-order valence-electron chi connectivity index (χ1n) is 13.5. The van der Waals surface area contributed by atoms with Gasteiger partial charge in [-0.25, -0.2) is 32.9 Å². The molecule has 1 aliphatic rings. The molecule has 0 spiro atoms. The highest BCUT2D eigenvalue weighted by molar-refractivity contribution is 8.00. The van der Waals surface area contributed by atoms with E-state index < -0.39 is 40.8 Å². The van der Waals surface area contributed by atoms with Crippen LogP contribution >= 0.6 is 34.9 Å². The Morgan fingerprint density at radius 2 is 1.95 bits per heavy atom. The molecule has 14 heteroatoms. The number of hydrogen-bond acceptors (Lipinski definition) is 9. The summed E-state index contributed by atoms with van der Waals surface area (Å²) in [5, 5.41) is 0.464. The predicted molar refractivity (Wildman–Crippen MR) is 165 cm³/mol. The van der Waals surface area contributed by atoms with Crippen LogP contribution in [-0.4, -0.2) is 50.3 Å². The molecule has 44 heavy (non-hydrogen) atoms. The number of anilines is 1. The van der Waals surface area contributed by atoms with Crippen LogP contribution in [0.15, 0.2) is 53.6 Å². The topological polar surface area (TPSA) is 89.5 Å². The summed E-state index contributed by atoms with van der Waals surface area (Å²) < 4.78 is 58.6. The van der Waals surface area contributed by atoms with Gasteiger partial charge >= 0.3 is 6.09 Å². The molecule has 0 radical (unpaired) electrons. The molecule has 1 unspecified atom stereocenters. The lowest BCUT2D eigenvalue weighted by Gasteiger charge is -2.43. The van der Waals surface area contributed by atoms with Crippen molar-refractivity contribution >= 4 is 46.7 Å². The standard InChI is InChI=1S/C30H29ClF3N5O3S2/c1-29(2,3)42-28(40)39-15-30(4,5)41-14-21(39)26-37-24(25(43-26)20-11-12-35-27(31)36-20)17-7-6-8-19(23(17)34)38-44-22-13-16(32)9-10-18(22)33/h6-13,21,38H,14-15H2,1-5H3. The van der Waals surface area contributed by atoms with Gasteiger partial charge in [-0.2, -0.15) is 0 Å². The van der Waals surface area contributed by atoms with Crippen molar-refractivity contribution in [2.45, 2.75) is 56.8 Å². The highest BCUT2D eigenvalue weighted by Crippen LogP contribution is 2.43. The molecule has 3 heterocycles. The van der Waals surface area contributed by atoms with Crippen molar-refractivity contribution in [3.63, 3.8) is 0 Å². The third kappa shape index (κ3) is 7.28. The number of aromatic nitrogens is 3. The number of benzene rings is 2. The largest absolute Gasteiger partial charge is 0.444 e. The highest BCUT2D eigenvalue weighted by Gasteiger charge is 2.41. The van der Waals surface area contributed by atoms with E-state index in [0.29, 0.717) is 15.6 Å². The molecule has 1 fully saturated rings. The molecule has 2 aromatic carbocycles. The maximum atomic E-state index is 16.1. The lowest BCUT2D eigenvalue weighted by molar-refractivity contribution is -0.114. The number of nitrogens with one attached hydrogen (secondary N) is 1. The van der Waals surface area contributed by atoms with Gasteiger partial charge in [0.05, 0.1) is 45.6 Å². The number of halogens is 4. The molecule has 5 rings (SSSR count). The van der Waals surface area contributed by atoms with Crippen molar-refractivity contribution in [1.82, 2.24) is 19.9 Å². The van der Waals surface area contributed by atoms with Crippen molar-refractivity contribution in [3.05, 3.63) is 76.4 Å². The van der Waals surface area contributed by atoms with Gasteiger partial charge in [0.1, 0.15) is 28.3 Å². The van der Waals surface area contributed by atoms with Gasteiger partial charge in [0.25, 0.3) is 0 Å². The van der Waals surface area contributed by atoms with Crippen LogP contribution in [0.25, 0.3) is 21.8 Å². The average Bonchev–Trinajstić information content (AvgIpc) is 3.38. The zero-order valence-electron chi connectivity index (χ0n) is 24.5. The van der Waals surface area contributed by atoms with Gasteiger partial charge in [0.2, 0.25) is 5.28 Å². The van der Waals surface area contributed by atoms with Crippen molar-refractivity contribution in [2.24, 2.45) is 0 Å². The second-order valence-electron chi connectivity index (χ2n) is 11.6. The molecule has 4 aromatic rings. The zero-order valence-corrected chi connectivity index (χ0v) is 26.8. The third-order valence-corrected chi connectivity index (χ3v) is 8.61. The van der Waals surface area contributed by atoms with E-state index in [2.05, 4.69) is 14.7 Å². The Bertz CT molecular complexity index is 1700.